The van der Waals surface area contributed by atoms with E-state index >= 15 is 0 Å². The fourth-order valence-electron chi connectivity index (χ4n) is 0.903. The number of rotatable bonds is 6. The number of carbonyl (C=O) groups excluding carboxylic acids is 3. The Bertz CT molecular complexity index is 402. The van der Waals surface area contributed by atoms with Gasteiger partial charge in [0, 0.05) is 6.92 Å². The monoisotopic (exact) mass is 309 g/mol. The van der Waals surface area contributed by atoms with Crippen LogP contribution >= 0.6 is 0 Å². The summed E-state index contributed by atoms with van der Waals surface area (Å²) < 4.78 is 28.3. The molecule has 0 saturated heterocycles. The van der Waals surface area contributed by atoms with Crippen LogP contribution in [-0.4, -0.2) is 45.2 Å². The number of nitrogens with one attached hydrogen (secondary N) is 1. The number of hydrogen-bond donors (Lipinski definition) is 2. The van der Waals surface area contributed by atoms with Crippen molar-refractivity contribution in [3.8, 4) is 0 Å². The molecule has 0 heterocycles. The minimum absolute atomic E-state index is 0.439. The number of alkyl carbamates (subject to hydrolysis) is 1. The molecule has 8 nitrogen and oxygen atoms in total. The van der Waals surface area contributed by atoms with Crippen LogP contribution in [0.3, 0.4) is 0 Å². The quantitative estimate of drug-likeness (QED) is 0.415. The summed E-state index contributed by atoms with van der Waals surface area (Å²) in [7, 11) is 0. The first-order valence-corrected chi connectivity index (χ1v) is 7.04. The first-order valence-electron chi connectivity index (χ1n) is 5.77. The Labute approximate surface area is 119 Å². The highest BCUT2D eigenvalue weighted by atomic mass is 32.2. The zero-order chi connectivity index (χ0) is 15.9. The van der Waals surface area contributed by atoms with Crippen LogP contribution in [0.1, 0.15) is 27.7 Å². The number of ether oxygens (including phenoxy) is 2. The highest BCUT2D eigenvalue weighted by Gasteiger charge is 2.26. The number of Topliss-reactive ketones (excluding diaryl/α,β-unsaturated/α-hetero) is 1. The summed E-state index contributed by atoms with van der Waals surface area (Å²) in [5.41, 5.74) is -0.727. The maximum absolute atomic E-state index is 11.5. The molecule has 0 rings (SSSR count). The Balaban J connectivity index is 4.06. The molecule has 0 spiro atoms. The maximum Gasteiger partial charge on any atom is 0.410 e. The van der Waals surface area contributed by atoms with Crippen LogP contribution in [0.2, 0.25) is 0 Å². The fourth-order valence-corrected chi connectivity index (χ4v) is 1.28. The molecule has 2 unspecified atom stereocenters. The molecule has 0 aliphatic rings. The summed E-state index contributed by atoms with van der Waals surface area (Å²) >= 11 is -2.25. The van der Waals surface area contributed by atoms with Crippen molar-refractivity contribution in [2.45, 2.75) is 34.0 Å². The van der Waals surface area contributed by atoms with E-state index in [1.165, 1.54) is 6.92 Å². The third-order valence-electron chi connectivity index (χ3n) is 1.87. The van der Waals surface area contributed by atoms with Gasteiger partial charge >= 0.3 is 12.1 Å². The minimum Gasteiger partial charge on any atom is -0.425 e. The van der Waals surface area contributed by atoms with Gasteiger partial charge in [-0.15, -0.1) is 0 Å². The third kappa shape index (κ3) is 8.59. The van der Waals surface area contributed by atoms with Crippen molar-refractivity contribution in [3.05, 3.63) is 0 Å². The van der Waals surface area contributed by atoms with Crippen molar-refractivity contribution in [2.24, 2.45) is 5.41 Å². The van der Waals surface area contributed by atoms with Gasteiger partial charge in [-0.3, -0.25) is 9.59 Å². The first-order chi connectivity index (χ1) is 9.02. The molecule has 0 saturated carbocycles. The van der Waals surface area contributed by atoms with Crippen molar-refractivity contribution < 1.29 is 32.6 Å². The molecule has 0 aromatic rings. The Morgan fingerprint density at radius 2 is 1.80 bits per heavy atom. The van der Waals surface area contributed by atoms with E-state index in [0.29, 0.717) is 0 Å². The van der Waals surface area contributed by atoms with E-state index in [2.05, 4.69) is 10.1 Å². The van der Waals surface area contributed by atoms with Gasteiger partial charge in [0.25, 0.3) is 0 Å². The number of esters is 1. The second-order valence-corrected chi connectivity index (χ2v) is 5.92. The van der Waals surface area contributed by atoms with Crippen molar-refractivity contribution in [1.82, 2.24) is 5.32 Å². The number of amides is 1. The maximum atomic E-state index is 11.5. The molecule has 20 heavy (non-hydrogen) atoms. The zero-order valence-corrected chi connectivity index (χ0v) is 12.6. The lowest BCUT2D eigenvalue weighted by atomic mass is 9.97. The van der Waals surface area contributed by atoms with Crippen LogP contribution in [0.15, 0.2) is 0 Å². The van der Waals surface area contributed by atoms with Gasteiger partial charge in [0.2, 0.25) is 6.29 Å². The van der Waals surface area contributed by atoms with Gasteiger partial charge in [0.15, 0.2) is 16.9 Å². The molecule has 9 heteroatoms. The number of hydrogen-bond acceptors (Lipinski definition) is 6. The molecule has 0 aliphatic carbocycles. The van der Waals surface area contributed by atoms with Gasteiger partial charge in [-0.25, -0.2) is 9.00 Å². The summed E-state index contributed by atoms with van der Waals surface area (Å²) in [6.07, 6.45) is -2.07. The van der Waals surface area contributed by atoms with E-state index < -0.39 is 52.9 Å². The van der Waals surface area contributed by atoms with E-state index in [1.807, 2.05) is 0 Å². The summed E-state index contributed by atoms with van der Waals surface area (Å²) in [6, 6.07) is 0. The lowest BCUT2D eigenvalue weighted by molar-refractivity contribution is -0.174. The third-order valence-corrected chi connectivity index (χ3v) is 2.44. The topological polar surface area (TPSA) is 119 Å². The largest absolute Gasteiger partial charge is 0.425 e. The van der Waals surface area contributed by atoms with Gasteiger partial charge in [0.05, 0.1) is 12.0 Å². The Morgan fingerprint density at radius 3 is 2.25 bits per heavy atom. The molecule has 0 aliphatic heterocycles. The molecular weight excluding hydrogens is 290 g/mol. The average Bonchev–Trinajstić information content (AvgIpc) is 2.23. The first kappa shape index (κ1) is 18.5. The van der Waals surface area contributed by atoms with Crippen LogP contribution in [0.5, 0.6) is 0 Å². The Hall–Kier alpha value is -1.48. The second kappa shape index (κ2) is 7.95. The van der Waals surface area contributed by atoms with Crippen LogP contribution in [0.25, 0.3) is 0 Å². The molecule has 2 atom stereocenters. The van der Waals surface area contributed by atoms with Gasteiger partial charge in [-0.1, -0.05) is 0 Å². The molecule has 2 N–H and O–H groups in total. The minimum atomic E-state index is -2.25. The van der Waals surface area contributed by atoms with Crippen molar-refractivity contribution in [3.63, 3.8) is 0 Å². The van der Waals surface area contributed by atoms with E-state index in [0.717, 1.165) is 0 Å². The smallest absolute Gasteiger partial charge is 0.410 e. The summed E-state index contributed by atoms with van der Waals surface area (Å²) in [5.74, 6) is -1.74. The zero-order valence-electron chi connectivity index (χ0n) is 11.8. The Morgan fingerprint density at radius 1 is 1.25 bits per heavy atom. The van der Waals surface area contributed by atoms with Crippen LogP contribution in [-0.2, 0) is 30.1 Å². The molecule has 0 aromatic carbocycles. The fraction of sp³-hybridized carbons (Fsp3) is 0.727. The van der Waals surface area contributed by atoms with Gasteiger partial charge in [-0.05, 0) is 20.8 Å². The van der Waals surface area contributed by atoms with E-state index in [-0.39, 0.29) is 0 Å². The van der Waals surface area contributed by atoms with Crippen LogP contribution < -0.4 is 5.32 Å². The lowest BCUT2D eigenvalue weighted by Crippen LogP contribution is -2.36. The van der Waals surface area contributed by atoms with Crippen LogP contribution in [0.4, 0.5) is 4.79 Å². The summed E-state index contributed by atoms with van der Waals surface area (Å²) in [5, 5.41) is 2.08. The molecule has 116 valence electrons. The lowest BCUT2D eigenvalue weighted by Gasteiger charge is -2.20. The van der Waals surface area contributed by atoms with Gasteiger partial charge in [-0.2, -0.15) is 0 Å². The molecule has 0 radical (unpaired) electrons. The predicted molar refractivity (Wildman–Crippen MR) is 70.1 cm³/mol. The van der Waals surface area contributed by atoms with E-state index in [9.17, 15) is 18.6 Å². The molecule has 0 bridgehead atoms. The highest BCUT2D eigenvalue weighted by Crippen LogP contribution is 2.16. The van der Waals surface area contributed by atoms with Crippen molar-refractivity contribution >= 4 is 28.9 Å². The molecule has 0 aromatic heterocycles. The number of carbonyl (C=O) groups is 3. The highest BCUT2D eigenvalue weighted by molar-refractivity contribution is 7.80. The standard InChI is InChI=1S/C11H19NO7S/c1-7(18-9(14)11(2,3)4)19-10(15)12-5-8(13)6-20(16)17/h7H,5-6H2,1-4H3,(H,12,15)(H,16,17). The average molecular weight is 309 g/mol. The second-order valence-electron chi connectivity index (χ2n) is 4.99. The van der Waals surface area contributed by atoms with E-state index in [1.54, 1.807) is 20.8 Å². The Kier molecular flexibility index (Phi) is 7.36. The van der Waals surface area contributed by atoms with Crippen LogP contribution in [0, 0.1) is 5.41 Å². The normalized spacial score (nSPS) is 14.1. The summed E-state index contributed by atoms with van der Waals surface area (Å²) in [4.78, 5) is 33.8. The van der Waals surface area contributed by atoms with Crippen molar-refractivity contribution in [2.75, 3.05) is 12.3 Å². The van der Waals surface area contributed by atoms with Gasteiger partial charge in [0.1, 0.15) is 5.75 Å². The molecular formula is C11H19NO7S. The van der Waals surface area contributed by atoms with E-state index in [4.69, 9.17) is 9.29 Å². The SMILES string of the molecule is CC(OC(=O)NCC(=O)CS(=O)O)OC(=O)C(C)(C)C. The summed E-state index contributed by atoms with van der Waals surface area (Å²) in [6.45, 7) is 5.86. The van der Waals surface area contributed by atoms with Gasteiger partial charge < -0.3 is 19.3 Å². The van der Waals surface area contributed by atoms with Crippen molar-refractivity contribution in [1.29, 1.82) is 0 Å². The number of ketones is 1. The molecule has 0 fully saturated rings. The predicted octanol–water partition coefficient (Wildman–Crippen LogP) is 0.439. The molecule has 1 amide bonds.